The van der Waals surface area contributed by atoms with Crippen molar-refractivity contribution in [3.63, 3.8) is 0 Å². The van der Waals surface area contributed by atoms with Crippen molar-refractivity contribution >= 4 is 17.2 Å². The van der Waals surface area contributed by atoms with Crippen molar-refractivity contribution in [2.24, 2.45) is 7.05 Å². The number of carbonyl (C=O) groups excluding carboxylic acids is 1. The Morgan fingerprint density at radius 2 is 2.35 bits per heavy atom. The summed E-state index contributed by atoms with van der Waals surface area (Å²) in [6.45, 7) is 3.21. The van der Waals surface area contributed by atoms with E-state index in [2.05, 4.69) is 15.3 Å². The first-order chi connectivity index (χ1) is 11.0. The average molecular weight is 337 g/mol. The van der Waals surface area contributed by atoms with Gasteiger partial charge in [-0.25, -0.2) is 14.4 Å². The highest BCUT2D eigenvalue weighted by Gasteiger charge is 2.33. The fourth-order valence-corrected chi connectivity index (χ4v) is 3.59. The maximum absolute atomic E-state index is 13.8. The normalized spacial score (nSPS) is 21.7. The van der Waals surface area contributed by atoms with Gasteiger partial charge < -0.3 is 9.88 Å². The molecule has 1 aliphatic heterocycles. The van der Waals surface area contributed by atoms with E-state index in [4.69, 9.17) is 0 Å². The molecule has 1 saturated heterocycles. The van der Waals surface area contributed by atoms with Gasteiger partial charge in [-0.3, -0.25) is 9.69 Å². The third-order valence-corrected chi connectivity index (χ3v) is 5.12. The van der Waals surface area contributed by atoms with Gasteiger partial charge in [0.25, 0.3) is 5.91 Å². The lowest BCUT2D eigenvalue weighted by molar-refractivity contribution is 0.0942. The van der Waals surface area contributed by atoms with Gasteiger partial charge in [0, 0.05) is 38.6 Å². The molecule has 1 aliphatic rings. The Hall–Kier alpha value is -1.80. The Labute approximate surface area is 138 Å². The van der Waals surface area contributed by atoms with E-state index in [1.54, 1.807) is 11.7 Å². The third-order valence-electron chi connectivity index (χ3n) is 4.19. The van der Waals surface area contributed by atoms with Crippen molar-refractivity contribution in [1.82, 2.24) is 24.8 Å². The van der Waals surface area contributed by atoms with Crippen LogP contribution in [0.4, 0.5) is 4.39 Å². The van der Waals surface area contributed by atoms with Crippen LogP contribution in [0.5, 0.6) is 0 Å². The van der Waals surface area contributed by atoms with Gasteiger partial charge in [0.2, 0.25) is 0 Å². The number of rotatable bonds is 5. The van der Waals surface area contributed by atoms with E-state index in [9.17, 15) is 9.18 Å². The number of hydrogen-bond acceptors (Lipinski definition) is 5. The monoisotopic (exact) mass is 337 g/mol. The van der Waals surface area contributed by atoms with Crippen LogP contribution < -0.4 is 5.32 Å². The Kier molecular flexibility index (Phi) is 4.72. The molecule has 0 saturated carbocycles. The third kappa shape index (κ3) is 3.59. The van der Waals surface area contributed by atoms with Crippen LogP contribution in [0.2, 0.25) is 0 Å². The number of carbonyl (C=O) groups is 1. The van der Waals surface area contributed by atoms with E-state index in [1.165, 1.54) is 11.3 Å². The second-order valence-electron chi connectivity index (χ2n) is 5.85. The first kappa shape index (κ1) is 16.1. The fraction of sp³-hybridized carbons (Fsp3) is 0.533. The van der Waals surface area contributed by atoms with Crippen molar-refractivity contribution in [1.29, 1.82) is 0 Å². The maximum atomic E-state index is 13.8. The van der Waals surface area contributed by atoms with Gasteiger partial charge in [0.1, 0.15) is 16.9 Å². The number of aromatic nitrogens is 3. The minimum absolute atomic E-state index is 0.0149. The molecule has 2 aromatic heterocycles. The highest BCUT2D eigenvalue weighted by molar-refractivity contribution is 7.11. The lowest BCUT2D eigenvalue weighted by Crippen LogP contribution is -2.40. The number of halogens is 1. The molecule has 1 N–H and O–H groups in total. The SMILES string of the molecule is Cc1ncsc1C(=O)NC[C@@H]1C[C@H](F)CN1Cc1nccn1C. The molecule has 0 radical (unpaired) electrons. The summed E-state index contributed by atoms with van der Waals surface area (Å²) in [5, 5.41) is 2.91. The van der Waals surface area contributed by atoms with Crippen LogP contribution in [0.25, 0.3) is 0 Å². The van der Waals surface area contributed by atoms with Gasteiger partial charge in [-0.05, 0) is 13.3 Å². The molecule has 0 bridgehead atoms. The molecule has 3 heterocycles. The van der Waals surface area contributed by atoms with Crippen molar-refractivity contribution in [3.8, 4) is 0 Å². The molecule has 124 valence electrons. The summed E-state index contributed by atoms with van der Waals surface area (Å²) in [5.74, 6) is 0.762. The molecule has 2 atom stereocenters. The molecule has 2 aromatic rings. The first-order valence-corrected chi connectivity index (χ1v) is 8.45. The smallest absolute Gasteiger partial charge is 0.263 e. The van der Waals surface area contributed by atoms with Gasteiger partial charge in [0.15, 0.2) is 0 Å². The van der Waals surface area contributed by atoms with Crippen molar-refractivity contribution in [2.75, 3.05) is 13.1 Å². The van der Waals surface area contributed by atoms with Crippen LogP contribution in [-0.2, 0) is 13.6 Å². The quantitative estimate of drug-likeness (QED) is 0.899. The largest absolute Gasteiger partial charge is 0.350 e. The predicted molar refractivity (Wildman–Crippen MR) is 86.1 cm³/mol. The number of thiazole rings is 1. The number of nitrogens with one attached hydrogen (secondary N) is 1. The number of hydrogen-bond donors (Lipinski definition) is 1. The number of likely N-dealkylation sites (tertiary alicyclic amines) is 1. The summed E-state index contributed by atoms with van der Waals surface area (Å²) in [7, 11) is 1.93. The summed E-state index contributed by atoms with van der Waals surface area (Å²) in [6.07, 6.45) is 3.19. The average Bonchev–Trinajstić information content (AvgIpc) is 3.19. The van der Waals surface area contributed by atoms with Gasteiger partial charge in [-0.2, -0.15) is 0 Å². The van der Waals surface area contributed by atoms with Crippen molar-refractivity contribution in [3.05, 3.63) is 34.3 Å². The highest BCUT2D eigenvalue weighted by Crippen LogP contribution is 2.22. The molecule has 6 nitrogen and oxygen atoms in total. The minimum Gasteiger partial charge on any atom is -0.350 e. The van der Waals surface area contributed by atoms with Crippen molar-refractivity contribution < 1.29 is 9.18 Å². The number of amides is 1. The van der Waals surface area contributed by atoms with E-state index in [0.717, 1.165) is 11.5 Å². The molecule has 8 heteroatoms. The first-order valence-electron chi connectivity index (χ1n) is 7.57. The molecule has 1 fully saturated rings. The molecular formula is C15H20FN5OS. The van der Waals surface area contributed by atoms with E-state index in [-0.39, 0.29) is 11.9 Å². The molecule has 0 aliphatic carbocycles. The molecular weight excluding hydrogens is 317 g/mol. The number of alkyl halides is 1. The standard InChI is InChI=1S/C15H20FN5OS/c1-10-14(23-9-19-10)15(22)18-6-12-5-11(16)7-21(12)8-13-17-3-4-20(13)2/h3-4,9,11-12H,5-8H2,1-2H3,(H,18,22)/t11-,12-/m0/s1. The summed E-state index contributed by atoms with van der Waals surface area (Å²) < 4.78 is 15.8. The summed E-state index contributed by atoms with van der Waals surface area (Å²) in [4.78, 5) is 23.2. The fourth-order valence-electron chi connectivity index (χ4n) is 2.87. The van der Waals surface area contributed by atoms with E-state index in [0.29, 0.717) is 30.9 Å². The highest BCUT2D eigenvalue weighted by atomic mass is 32.1. The van der Waals surface area contributed by atoms with Gasteiger partial charge in [-0.15, -0.1) is 11.3 Å². The Morgan fingerprint density at radius 1 is 1.52 bits per heavy atom. The summed E-state index contributed by atoms with van der Waals surface area (Å²) >= 11 is 1.32. The van der Waals surface area contributed by atoms with Crippen molar-refractivity contribution in [2.45, 2.75) is 32.1 Å². The topological polar surface area (TPSA) is 63.1 Å². The van der Waals surface area contributed by atoms with Crippen LogP contribution in [-0.4, -0.2) is 50.6 Å². The molecule has 3 rings (SSSR count). The molecule has 0 aromatic carbocycles. The number of aryl methyl sites for hydroxylation is 2. The van der Waals surface area contributed by atoms with Crippen LogP contribution in [0.1, 0.15) is 27.6 Å². The van der Waals surface area contributed by atoms with Crippen LogP contribution in [0.15, 0.2) is 17.9 Å². The lowest BCUT2D eigenvalue weighted by atomic mass is 10.2. The zero-order chi connectivity index (χ0) is 16.4. The molecule has 0 unspecified atom stereocenters. The van der Waals surface area contributed by atoms with Crippen LogP contribution in [0, 0.1) is 6.92 Å². The molecule has 23 heavy (non-hydrogen) atoms. The molecule has 1 amide bonds. The minimum atomic E-state index is -0.859. The Morgan fingerprint density at radius 3 is 3.00 bits per heavy atom. The maximum Gasteiger partial charge on any atom is 0.263 e. The summed E-state index contributed by atoms with van der Waals surface area (Å²) in [5.41, 5.74) is 2.39. The summed E-state index contributed by atoms with van der Waals surface area (Å²) in [6, 6.07) is -0.0149. The van der Waals surface area contributed by atoms with E-state index >= 15 is 0 Å². The van der Waals surface area contributed by atoms with Crippen LogP contribution in [0.3, 0.4) is 0 Å². The second kappa shape index (κ2) is 6.76. The van der Waals surface area contributed by atoms with Gasteiger partial charge >= 0.3 is 0 Å². The number of imidazole rings is 1. The zero-order valence-electron chi connectivity index (χ0n) is 13.2. The predicted octanol–water partition coefficient (Wildman–Crippen LogP) is 1.53. The molecule has 0 spiro atoms. The van der Waals surface area contributed by atoms with Gasteiger partial charge in [-0.1, -0.05) is 0 Å². The number of nitrogens with zero attached hydrogens (tertiary/aromatic N) is 4. The Balaban J connectivity index is 1.60. The lowest BCUT2D eigenvalue weighted by Gasteiger charge is -2.23. The van der Waals surface area contributed by atoms with E-state index < -0.39 is 6.17 Å². The van der Waals surface area contributed by atoms with E-state index in [1.807, 2.05) is 29.6 Å². The zero-order valence-corrected chi connectivity index (χ0v) is 14.0. The van der Waals surface area contributed by atoms with Crippen LogP contribution >= 0.6 is 11.3 Å². The van der Waals surface area contributed by atoms with Gasteiger partial charge in [0.05, 0.1) is 17.7 Å². The second-order valence-corrected chi connectivity index (χ2v) is 6.70. The Bertz CT molecular complexity index is 685.